The zero-order valence-corrected chi connectivity index (χ0v) is 21.8. The number of aryl methyl sites for hydroxylation is 2. The number of nitrogens with one attached hydrogen (secondary N) is 1. The molecule has 5 heteroatoms. The molecular weight excluding hydrogens is 585 g/mol. The zero-order valence-electron chi connectivity index (χ0n) is 19.4. The van der Waals surface area contributed by atoms with Crippen LogP contribution in [0.5, 0.6) is 0 Å². The Morgan fingerprint density at radius 2 is 1.73 bits per heavy atom. The Balaban J connectivity index is 0.000000241. The van der Waals surface area contributed by atoms with E-state index in [1.807, 2.05) is 105 Å². The molecular formula is C28H29IrN4. The van der Waals surface area contributed by atoms with Crippen LogP contribution in [0, 0.1) is 32.5 Å². The summed E-state index contributed by atoms with van der Waals surface area (Å²) in [6, 6.07) is 32.9. The van der Waals surface area contributed by atoms with Crippen molar-refractivity contribution >= 4 is 5.69 Å². The summed E-state index contributed by atoms with van der Waals surface area (Å²) in [6.07, 6.45) is 3.85. The maximum Gasteiger partial charge on any atom is 3.00 e. The van der Waals surface area contributed by atoms with Gasteiger partial charge in [-0.1, -0.05) is 35.9 Å². The second kappa shape index (κ2) is 13.4. The van der Waals surface area contributed by atoms with Crippen molar-refractivity contribution in [1.82, 2.24) is 15.1 Å². The summed E-state index contributed by atoms with van der Waals surface area (Å²) in [5.41, 5.74) is 6.58. The van der Waals surface area contributed by atoms with Gasteiger partial charge < -0.3 is 10.2 Å². The summed E-state index contributed by atoms with van der Waals surface area (Å²) in [4.78, 5) is 2.02. The number of aromatic nitrogens is 2. The first kappa shape index (κ1) is 26.1. The molecule has 3 aromatic carbocycles. The van der Waals surface area contributed by atoms with Gasteiger partial charge in [-0.3, -0.25) is 4.68 Å². The van der Waals surface area contributed by atoms with Crippen LogP contribution in [0.4, 0.5) is 5.69 Å². The summed E-state index contributed by atoms with van der Waals surface area (Å²) in [5.74, 6) is 0. The van der Waals surface area contributed by atoms with E-state index in [2.05, 4.69) is 52.9 Å². The molecule has 0 aliphatic carbocycles. The van der Waals surface area contributed by atoms with Gasteiger partial charge in [0.05, 0.1) is 5.69 Å². The Labute approximate surface area is 211 Å². The summed E-state index contributed by atoms with van der Waals surface area (Å²) >= 11 is 0. The van der Waals surface area contributed by atoms with Crippen LogP contribution in [-0.4, -0.2) is 16.8 Å². The van der Waals surface area contributed by atoms with E-state index in [0.29, 0.717) is 0 Å². The van der Waals surface area contributed by atoms with Gasteiger partial charge in [-0.25, -0.2) is 6.54 Å². The van der Waals surface area contributed by atoms with Crippen LogP contribution in [0.2, 0.25) is 0 Å². The Kier molecular flexibility index (Phi) is 10.6. The summed E-state index contributed by atoms with van der Waals surface area (Å²) in [7, 11) is 1.88. The van der Waals surface area contributed by atoms with Gasteiger partial charge >= 0.3 is 20.1 Å². The minimum absolute atomic E-state index is 0. The molecule has 33 heavy (non-hydrogen) atoms. The largest absolute Gasteiger partial charge is 3.00 e. The number of nitrogens with zero attached hydrogens (tertiary/aromatic N) is 3. The molecule has 0 fully saturated rings. The van der Waals surface area contributed by atoms with Gasteiger partial charge in [-0.2, -0.15) is 54.5 Å². The third-order valence-corrected chi connectivity index (χ3v) is 4.79. The van der Waals surface area contributed by atoms with Gasteiger partial charge in [0.2, 0.25) is 0 Å². The van der Waals surface area contributed by atoms with E-state index in [4.69, 9.17) is 0 Å². The first-order valence-corrected chi connectivity index (χ1v) is 10.6. The molecule has 0 radical (unpaired) electrons. The number of benzene rings is 3. The molecule has 0 amide bonds. The van der Waals surface area contributed by atoms with E-state index < -0.39 is 0 Å². The van der Waals surface area contributed by atoms with Gasteiger partial charge in [0.15, 0.2) is 0 Å². The van der Waals surface area contributed by atoms with Crippen molar-refractivity contribution in [3.63, 3.8) is 0 Å². The van der Waals surface area contributed by atoms with Crippen LogP contribution in [-0.2, 0) is 20.1 Å². The van der Waals surface area contributed by atoms with Crippen molar-refractivity contribution in [3.05, 3.63) is 121 Å². The second-order valence-electron chi connectivity index (χ2n) is 7.19. The Hall–Kier alpha value is -3.14. The average Bonchev–Trinajstić information content (AvgIpc) is 3.19. The molecule has 1 aromatic heterocycles. The van der Waals surface area contributed by atoms with E-state index in [1.54, 1.807) is 0 Å². The molecule has 0 spiro atoms. The number of para-hydroxylation sites is 1. The smallest absolute Gasteiger partial charge is 0.520 e. The van der Waals surface area contributed by atoms with Gasteiger partial charge in [0.1, 0.15) is 0 Å². The van der Waals surface area contributed by atoms with Crippen molar-refractivity contribution in [2.24, 2.45) is 0 Å². The fourth-order valence-corrected chi connectivity index (χ4v) is 3.24. The maximum absolute atomic E-state index is 4.37. The van der Waals surface area contributed by atoms with E-state index in [0.717, 1.165) is 22.8 Å². The molecule has 170 valence electrons. The van der Waals surface area contributed by atoms with Crippen LogP contribution in [0.1, 0.15) is 18.3 Å². The summed E-state index contributed by atoms with van der Waals surface area (Å²) < 4.78 is 1.90. The number of hydrogen-bond donors (Lipinski definition) is 1. The number of rotatable bonds is 6. The van der Waals surface area contributed by atoms with E-state index in [9.17, 15) is 0 Å². The fraction of sp³-hybridized carbons (Fsp3) is 0.143. The molecule has 1 heterocycles. The molecule has 0 saturated carbocycles. The van der Waals surface area contributed by atoms with E-state index in [-0.39, 0.29) is 20.1 Å². The van der Waals surface area contributed by atoms with Gasteiger partial charge in [-0.15, -0.1) is 23.4 Å². The minimum Gasteiger partial charge on any atom is -0.520 e. The van der Waals surface area contributed by atoms with Crippen molar-refractivity contribution in [3.8, 4) is 16.8 Å². The van der Waals surface area contributed by atoms with Crippen LogP contribution in [0.25, 0.3) is 16.8 Å². The Morgan fingerprint density at radius 1 is 0.970 bits per heavy atom. The Morgan fingerprint density at radius 3 is 2.27 bits per heavy atom. The quantitative estimate of drug-likeness (QED) is 0.266. The van der Waals surface area contributed by atoms with Crippen LogP contribution in [0.3, 0.4) is 0 Å². The number of anilines is 1. The first-order chi connectivity index (χ1) is 15.6. The molecule has 0 aliphatic rings. The topological polar surface area (TPSA) is 33.1 Å². The second-order valence-corrected chi connectivity index (χ2v) is 7.19. The zero-order chi connectivity index (χ0) is 22.8. The molecule has 0 atom stereocenters. The molecule has 0 bridgehead atoms. The predicted octanol–water partition coefficient (Wildman–Crippen LogP) is 6.12. The van der Waals surface area contributed by atoms with Gasteiger partial charge in [0, 0.05) is 18.9 Å². The van der Waals surface area contributed by atoms with Gasteiger partial charge in [-0.05, 0) is 31.8 Å². The first-order valence-electron chi connectivity index (χ1n) is 10.6. The van der Waals surface area contributed by atoms with Crippen molar-refractivity contribution < 1.29 is 20.1 Å². The minimum atomic E-state index is 0. The van der Waals surface area contributed by atoms with Crippen LogP contribution >= 0.6 is 0 Å². The predicted molar refractivity (Wildman–Crippen MR) is 133 cm³/mol. The van der Waals surface area contributed by atoms with Crippen LogP contribution in [0.15, 0.2) is 91.3 Å². The fourth-order valence-electron chi connectivity index (χ4n) is 3.24. The third kappa shape index (κ3) is 7.45. The van der Waals surface area contributed by atoms with E-state index in [1.165, 1.54) is 11.1 Å². The number of hydrogen-bond acceptors (Lipinski definition) is 3. The normalized spacial score (nSPS) is 10.2. The molecule has 0 aliphatic heterocycles. The summed E-state index contributed by atoms with van der Waals surface area (Å²) in [6.45, 7) is 8.04. The van der Waals surface area contributed by atoms with Gasteiger partial charge in [0.25, 0.3) is 0 Å². The monoisotopic (exact) mass is 614 g/mol. The van der Waals surface area contributed by atoms with E-state index >= 15 is 0 Å². The Bertz CT molecular complexity index is 1100. The molecule has 0 unspecified atom stereocenters. The molecule has 4 aromatic rings. The van der Waals surface area contributed by atoms with Crippen molar-refractivity contribution in [1.29, 1.82) is 0 Å². The maximum atomic E-state index is 4.37. The molecule has 4 rings (SSSR count). The van der Waals surface area contributed by atoms with Crippen molar-refractivity contribution in [2.45, 2.75) is 20.8 Å². The third-order valence-electron chi connectivity index (χ3n) is 4.79. The molecule has 1 N–H and O–H groups in total. The molecule has 0 saturated heterocycles. The summed E-state index contributed by atoms with van der Waals surface area (Å²) in [5, 5.41) is 7.35. The van der Waals surface area contributed by atoms with Crippen LogP contribution < -0.4 is 10.2 Å². The molecule has 4 nitrogen and oxygen atoms in total. The van der Waals surface area contributed by atoms with Crippen molar-refractivity contribution in [2.75, 3.05) is 11.9 Å². The SMILES string of the molecule is C[CH-]N(/C=C\NC)c1[c-]cc(-c2ccccc2)cc1.Cc1cc(C)n(-c2[c-]cccc2)n1.[Ir+3]. The average molecular weight is 614 g/mol. The standard InChI is InChI=1S/C17H18N2.C11H11N2.Ir/c1-3-19(14-13-18-2)17-11-9-16(10-12-17)15-7-5-4-6-8-15;1-9-8-10(2)13(12-9)11-6-4-3-5-7-11;/h3-11,13-14,18H,1-2H3;3-6,8H,1-2H3;/q-2;-1;+3/b14-13-;;.